The first-order chi connectivity index (χ1) is 7.79. The molecule has 4 nitrogen and oxygen atoms in total. The smallest absolute Gasteiger partial charge is 0.235 e. The van der Waals surface area contributed by atoms with Gasteiger partial charge in [-0.2, -0.15) is 0 Å². The van der Waals surface area contributed by atoms with Gasteiger partial charge in [0.25, 0.3) is 0 Å². The molecule has 0 saturated carbocycles. The Labute approximate surface area is 97.6 Å². The van der Waals surface area contributed by atoms with Gasteiger partial charge in [-0.25, -0.2) is 9.79 Å². The molecule has 1 fully saturated rings. The molecule has 0 N–H and O–H groups in total. The number of thiophene rings is 1. The summed E-state index contributed by atoms with van der Waals surface area (Å²) in [5.74, 6) is 0.0838. The number of carbonyl (C=O) groups excluding carboxylic acids is 2. The van der Waals surface area contributed by atoms with Crippen LogP contribution in [-0.4, -0.2) is 36.0 Å². The standard InChI is InChI=1S/C11H12N2O2S/c14-8-12-9-6-11(15)13(7-9)4-3-10-2-1-5-16-10/h1-2,5,9H,3-4,6-7H2. The maximum atomic E-state index is 11.6. The minimum Gasteiger partial charge on any atom is -0.340 e. The molecule has 0 bridgehead atoms. The summed E-state index contributed by atoms with van der Waals surface area (Å²) in [6.45, 7) is 1.27. The van der Waals surface area contributed by atoms with Crippen molar-refractivity contribution in [3.8, 4) is 0 Å². The van der Waals surface area contributed by atoms with E-state index >= 15 is 0 Å². The SMILES string of the molecule is O=C=NC1CC(=O)N(CCc2cccs2)C1. The van der Waals surface area contributed by atoms with Gasteiger partial charge in [0.1, 0.15) is 0 Å². The summed E-state index contributed by atoms with van der Waals surface area (Å²) in [5, 5.41) is 2.03. The van der Waals surface area contributed by atoms with Gasteiger partial charge >= 0.3 is 0 Å². The number of hydrogen-bond donors (Lipinski definition) is 0. The first-order valence-corrected chi connectivity index (χ1v) is 6.04. The fraction of sp³-hybridized carbons (Fsp3) is 0.455. The Morgan fingerprint density at radius 3 is 3.19 bits per heavy atom. The van der Waals surface area contributed by atoms with Gasteiger partial charge in [-0.05, 0) is 17.9 Å². The molecule has 0 aliphatic carbocycles. The molecule has 1 aliphatic heterocycles. The number of likely N-dealkylation sites (tertiary alicyclic amines) is 1. The third-order valence-corrected chi connectivity index (χ3v) is 3.57. The van der Waals surface area contributed by atoms with Crippen LogP contribution in [-0.2, 0) is 16.0 Å². The lowest BCUT2D eigenvalue weighted by Gasteiger charge is -2.14. The number of rotatable bonds is 4. The molecular formula is C11H12N2O2S. The highest BCUT2D eigenvalue weighted by molar-refractivity contribution is 7.09. The summed E-state index contributed by atoms with van der Waals surface area (Å²) >= 11 is 1.69. The van der Waals surface area contributed by atoms with Crippen molar-refractivity contribution in [3.05, 3.63) is 22.4 Å². The van der Waals surface area contributed by atoms with Gasteiger partial charge in [0.2, 0.25) is 12.0 Å². The first kappa shape index (κ1) is 11.0. The van der Waals surface area contributed by atoms with E-state index in [0.717, 1.165) is 6.42 Å². The van der Waals surface area contributed by atoms with Crippen LogP contribution in [0, 0.1) is 0 Å². The minimum atomic E-state index is -0.187. The number of aliphatic imine (C=N–C) groups is 1. The molecule has 1 amide bonds. The van der Waals surface area contributed by atoms with Crippen LogP contribution in [0.4, 0.5) is 0 Å². The molecule has 1 unspecified atom stereocenters. The van der Waals surface area contributed by atoms with Crippen molar-refractivity contribution in [1.29, 1.82) is 0 Å². The number of hydrogen-bond acceptors (Lipinski definition) is 4. The summed E-state index contributed by atoms with van der Waals surface area (Å²) in [6.07, 6.45) is 2.74. The van der Waals surface area contributed by atoms with E-state index in [4.69, 9.17) is 0 Å². The lowest BCUT2D eigenvalue weighted by Crippen LogP contribution is -2.27. The minimum absolute atomic E-state index is 0.0838. The third-order valence-electron chi connectivity index (χ3n) is 2.64. The lowest BCUT2D eigenvalue weighted by molar-refractivity contribution is -0.127. The van der Waals surface area contributed by atoms with Gasteiger partial charge in [-0.3, -0.25) is 4.79 Å². The predicted octanol–water partition coefficient (Wildman–Crippen LogP) is 1.23. The van der Waals surface area contributed by atoms with Gasteiger partial charge in [-0.15, -0.1) is 11.3 Å². The van der Waals surface area contributed by atoms with Crippen LogP contribution in [0.2, 0.25) is 0 Å². The van der Waals surface area contributed by atoms with E-state index in [-0.39, 0.29) is 11.9 Å². The Balaban J connectivity index is 1.86. The molecule has 84 valence electrons. The quantitative estimate of drug-likeness (QED) is 0.583. The zero-order valence-corrected chi connectivity index (χ0v) is 9.57. The van der Waals surface area contributed by atoms with E-state index in [1.165, 1.54) is 11.0 Å². The molecule has 2 rings (SSSR count). The van der Waals surface area contributed by atoms with Crippen LogP contribution in [0.5, 0.6) is 0 Å². The van der Waals surface area contributed by atoms with E-state index < -0.39 is 0 Å². The van der Waals surface area contributed by atoms with Crippen molar-refractivity contribution in [2.24, 2.45) is 4.99 Å². The largest absolute Gasteiger partial charge is 0.340 e. The molecule has 2 heterocycles. The summed E-state index contributed by atoms with van der Waals surface area (Å²) in [4.78, 5) is 28.3. The fourth-order valence-electron chi connectivity index (χ4n) is 1.83. The molecule has 1 aromatic rings. The Morgan fingerprint density at radius 1 is 1.62 bits per heavy atom. The number of isocyanates is 1. The van der Waals surface area contributed by atoms with Crippen LogP contribution in [0.25, 0.3) is 0 Å². The molecule has 1 atom stereocenters. The molecule has 0 spiro atoms. The van der Waals surface area contributed by atoms with Crippen molar-refractivity contribution in [3.63, 3.8) is 0 Å². The van der Waals surface area contributed by atoms with Crippen LogP contribution in [0.15, 0.2) is 22.5 Å². The van der Waals surface area contributed by atoms with Crippen molar-refractivity contribution < 1.29 is 9.59 Å². The highest BCUT2D eigenvalue weighted by Gasteiger charge is 2.28. The highest BCUT2D eigenvalue weighted by atomic mass is 32.1. The Morgan fingerprint density at radius 2 is 2.50 bits per heavy atom. The predicted molar refractivity (Wildman–Crippen MR) is 61.1 cm³/mol. The summed E-state index contributed by atoms with van der Waals surface area (Å²) < 4.78 is 0. The van der Waals surface area contributed by atoms with E-state index in [1.54, 1.807) is 16.2 Å². The second-order valence-corrected chi connectivity index (χ2v) is 4.78. The van der Waals surface area contributed by atoms with Gasteiger partial charge in [0, 0.05) is 18.0 Å². The van der Waals surface area contributed by atoms with E-state index in [0.29, 0.717) is 19.5 Å². The fourth-order valence-corrected chi connectivity index (χ4v) is 2.53. The maximum absolute atomic E-state index is 11.6. The molecule has 5 heteroatoms. The lowest BCUT2D eigenvalue weighted by atomic mass is 10.3. The van der Waals surface area contributed by atoms with Crippen LogP contribution in [0.3, 0.4) is 0 Å². The summed E-state index contributed by atoms with van der Waals surface area (Å²) in [5.41, 5.74) is 0. The topological polar surface area (TPSA) is 49.7 Å². The average molecular weight is 236 g/mol. The number of nitrogens with zero attached hydrogens (tertiary/aromatic N) is 2. The monoisotopic (exact) mass is 236 g/mol. The Hall–Kier alpha value is -1.45. The summed E-state index contributed by atoms with van der Waals surface area (Å²) in [7, 11) is 0. The third kappa shape index (κ3) is 2.56. The Bertz CT molecular complexity index is 410. The first-order valence-electron chi connectivity index (χ1n) is 5.16. The van der Waals surface area contributed by atoms with Crippen LogP contribution >= 0.6 is 11.3 Å². The van der Waals surface area contributed by atoms with E-state index in [2.05, 4.69) is 11.1 Å². The second-order valence-electron chi connectivity index (χ2n) is 3.75. The molecule has 0 aromatic carbocycles. The van der Waals surface area contributed by atoms with Crippen LogP contribution < -0.4 is 0 Å². The number of amides is 1. The van der Waals surface area contributed by atoms with Gasteiger partial charge in [-0.1, -0.05) is 6.07 Å². The van der Waals surface area contributed by atoms with E-state index in [1.807, 2.05) is 11.4 Å². The number of carbonyl (C=O) groups is 1. The average Bonchev–Trinajstić information content (AvgIpc) is 2.86. The zero-order chi connectivity index (χ0) is 11.4. The Kier molecular flexibility index (Phi) is 3.49. The summed E-state index contributed by atoms with van der Waals surface area (Å²) in [6, 6.07) is 3.88. The molecule has 16 heavy (non-hydrogen) atoms. The van der Waals surface area contributed by atoms with E-state index in [9.17, 15) is 9.59 Å². The molecule has 1 aromatic heterocycles. The van der Waals surface area contributed by atoms with Gasteiger partial charge < -0.3 is 4.90 Å². The molecule has 1 aliphatic rings. The van der Waals surface area contributed by atoms with Gasteiger partial charge in [0.15, 0.2) is 0 Å². The zero-order valence-electron chi connectivity index (χ0n) is 8.76. The van der Waals surface area contributed by atoms with Crippen molar-refractivity contribution in [2.75, 3.05) is 13.1 Å². The molecular weight excluding hydrogens is 224 g/mol. The van der Waals surface area contributed by atoms with Crippen molar-refractivity contribution in [2.45, 2.75) is 18.9 Å². The molecule has 0 radical (unpaired) electrons. The maximum Gasteiger partial charge on any atom is 0.235 e. The highest BCUT2D eigenvalue weighted by Crippen LogP contribution is 2.16. The van der Waals surface area contributed by atoms with Crippen molar-refractivity contribution in [1.82, 2.24) is 4.90 Å². The molecule has 1 saturated heterocycles. The van der Waals surface area contributed by atoms with Gasteiger partial charge in [0.05, 0.1) is 12.5 Å². The second kappa shape index (κ2) is 5.05. The normalized spacial score (nSPS) is 19.9. The van der Waals surface area contributed by atoms with Crippen molar-refractivity contribution >= 4 is 23.3 Å². The van der Waals surface area contributed by atoms with Crippen LogP contribution in [0.1, 0.15) is 11.3 Å².